The van der Waals surface area contributed by atoms with E-state index in [9.17, 15) is 14.7 Å². The van der Waals surface area contributed by atoms with Gasteiger partial charge in [-0.25, -0.2) is 0 Å². The highest BCUT2D eigenvalue weighted by atomic mass is 16.5. The highest BCUT2D eigenvalue weighted by Crippen LogP contribution is 2.49. The number of rotatable bonds is 9. The molecule has 2 aromatic carbocycles. The number of carbonyl (C=O) groups is 2. The average Bonchev–Trinajstić information content (AvgIpc) is 3.46. The Morgan fingerprint density at radius 2 is 1.89 bits per heavy atom. The van der Waals surface area contributed by atoms with E-state index in [1.54, 1.807) is 25.3 Å². The second-order valence-corrected chi connectivity index (χ2v) is 7.04. The third-order valence-corrected chi connectivity index (χ3v) is 5.13. The fraction of sp³-hybridized carbons (Fsp3) is 0.364. The van der Waals surface area contributed by atoms with E-state index in [-0.39, 0.29) is 12.3 Å². The van der Waals surface area contributed by atoms with Crippen molar-refractivity contribution in [1.82, 2.24) is 5.32 Å². The second kappa shape index (κ2) is 8.78. The number of ether oxygens (including phenoxy) is 2. The molecule has 0 radical (unpaired) electrons. The number of methoxy groups -OCH3 is 2. The zero-order valence-corrected chi connectivity index (χ0v) is 16.1. The molecule has 28 heavy (non-hydrogen) atoms. The maximum Gasteiger partial charge on any atom is 0.305 e. The van der Waals surface area contributed by atoms with E-state index in [1.165, 1.54) is 12.7 Å². The molecule has 6 heteroatoms. The van der Waals surface area contributed by atoms with Gasteiger partial charge in [-0.05, 0) is 36.0 Å². The van der Waals surface area contributed by atoms with Crippen molar-refractivity contribution in [2.75, 3.05) is 14.2 Å². The topological polar surface area (TPSA) is 84.9 Å². The maximum atomic E-state index is 12.6. The Balaban J connectivity index is 1.68. The Kier molecular flexibility index (Phi) is 6.19. The van der Waals surface area contributed by atoms with E-state index in [0.29, 0.717) is 35.3 Å². The molecule has 2 N–H and O–H groups in total. The number of hydrogen-bond acceptors (Lipinski definition) is 4. The van der Waals surface area contributed by atoms with Gasteiger partial charge in [0.1, 0.15) is 11.5 Å². The van der Waals surface area contributed by atoms with Crippen LogP contribution in [0.3, 0.4) is 0 Å². The van der Waals surface area contributed by atoms with Crippen LogP contribution in [0, 0.1) is 5.92 Å². The Hall–Kier alpha value is -3.02. The lowest BCUT2D eigenvalue weighted by Crippen LogP contribution is -2.30. The first-order chi connectivity index (χ1) is 13.5. The molecule has 1 saturated carbocycles. The molecule has 0 aliphatic heterocycles. The number of carboxylic acids is 1. The molecule has 1 amide bonds. The smallest absolute Gasteiger partial charge is 0.305 e. The predicted octanol–water partition coefficient (Wildman–Crippen LogP) is 3.53. The van der Waals surface area contributed by atoms with Gasteiger partial charge in [0, 0.05) is 18.1 Å². The minimum absolute atomic E-state index is 0.146. The number of amides is 1. The van der Waals surface area contributed by atoms with Crippen LogP contribution < -0.4 is 14.8 Å². The van der Waals surface area contributed by atoms with Gasteiger partial charge in [-0.2, -0.15) is 0 Å². The number of carboxylic acid groups (broad SMARTS) is 1. The fourth-order valence-corrected chi connectivity index (χ4v) is 3.59. The molecular formula is C22H25NO5. The minimum Gasteiger partial charge on any atom is -0.497 e. The van der Waals surface area contributed by atoms with Crippen molar-refractivity contribution < 1.29 is 24.2 Å². The third kappa shape index (κ3) is 4.82. The summed E-state index contributed by atoms with van der Waals surface area (Å²) < 4.78 is 10.6. The molecule has 0 saturated heterocycles. The Labute approximate surface area is 164 Å². The van der Waals surface area contributed by atoms with E-state index in [1.807, 2.05) is 18.2 Å². The van der Waals surface area contributed by atoms with Crippen molar-refractivity contribution in [1.29, 1.82) is 0 Å². The van der Waals surface area contributed by atoms with Crippen LogP contribution in [-0.2, 0) is 9.59 Å². The van der Waals surface area contributed by atoms with E-state index in [0.717, 1.165) is 6.42 Å². The monoisotopic (exact) mass is 383 g/mol. The van der Waals surface area contributed by atoms with Crippen LogP contribution in [0.15, 0.2) is 48.5 Å². The van der Waals surface area contributed by atoms with Crippen molar-refractivity contribution in [3.8, 4) is 11.5 Å². The van der Waals surface area contributed by atoms with Crippen LogP contribution in [-0.4, -0.2) is 31.2 Å². The molecule has 0 aromatic heterocycles. The molecule has 1 aliphatic rings. The lowest BCUT2D eigenvalue weighted by atomic mass is 10.0. The Morgan fingerprint density at radius 1 is 1.14 bits per heavy atom. The predicted molar refractivity (Wildman–Crippen MR) is 105 cm³/mol. The standard InChI is InChI=1S/C22H25NO5/c1-27-16-8-9-17(20(12-16)28-2)19(13-22(25)26)23-21(24)11-15-10-18(15)14-6-4-3-5-7-14/h3-9,12,15,18-19H,10-11,13H2,1-2H3,(H,23,24)(H,25,26)/t15-,18-,19?/m0/s1. The summed E-state index contributed by atoms with van der Waals surface area (Å²) in [5.41, 5.74) is 1.87. The largest absolute Gasteiger partial charge is 0.497 e. The van der Waals surface area contributed by atoms with Gasteiger partial charge < -0.3 is 19.9 Å². The summed E-state index contributed by atoms with van der Waals surface area (Å²) in [6, 6.07) is 14.6. The van der Waals surface area contributed by atoms with E-state index in [2.05, 4.69) is 17.4 Å². The molecule has 3 atom stereocenters. The number of benzene rings is 2. The summed E-state index contributed by atoms with van der Waals surface area (Å²) in [5.74, 6) is 0.652. The Bertz CT molecular complexity index is 836. The quantitative estimate of drug-likeness (QED) is 0.692. The van der Waals surface area contributed by atoms with Crippen LogP contribution >= 0.6 is 0 Å². The molecule has 2 aromatic rings. The van der Waals surface area contributed by atoms with Crippen molar-refractivity contribution in [2.24, 2.45) is 5.92 Å². The van der Waals surface area contributed by atoms with Gasteiger partial charge in [0.25, 0.3) is 0 Å². The van der Waals surface area contributed by atoms with Gasteiger partial charge >= 0.3 is 5.97 Å². The number of carbonyl (C=O) groups excluding carboxylic acids is 1. The zero-order chi connectivity index (χ0) is 20.1. The molecule has 1 aliphatic carbocycles. The highest BCUT2D eigenvalue weighted by molar-refractivity contribution is 5.78. The maximum absolute atomic E-state index is 12.6. The van der Waals surface area contributed by atoms with Crippen LogP contribution in [0.1, 0.15) is 42.3 Å². The van der Waals surface area contributed by atoms with E-state index >= 15 is 0 Å². The molecule has 3 rings (SSSR count). The highest BCUT2D eigenvalue weighted by Gasteiger charge is 2.39. The van der Waals surface area contributed by atoms with Crippen molar-refractivity contribution in [3.05, 3.63) is 59.7 Å². The first-order valence-electron chi connectivity index (χ1n) is 9.29. The van der Waals surface area contributed by atoms with Gasteiger partial charge in [0.2, 0.25) is 5.91 Å². The Morgan fingerprint density at radius 3 is 2.54 bits per heavy atom. The number of nitrogens with one attached hydrogen (secondary N) is 1. The third-order valence-electron chi connectivity index (χ3n) is 5.13. The van der Waals surface area contributed by atoms with Gasteiger partial charge in [0.15, 0.2) is 0 Å². The summed E-state index contributed by atoms with van der Waals surface area (Å²) in [6.45, 7) is 0. The van der Waals surface area contributed by atoms with Crippen LogP contribution in [0.5, 0.6) is 11.5 Å². The van der Waals surface area contributed by atoms with Gasteiger partial charge in [-0.1, -0.05) is 30.3 Å². The molecule has 1 unspecified atom stereocenters. The van der Waals surface area contributed by atoms with E-state index < -0.39 is 12.0 Å². The van der Waals surface area contributed by atoms with Crippen LogP contribution in [0.25, 0.3) is 0 Å². The number of hydrogen-bond donors (Lipinski definition) is 2. The van der Waals surface area contributed by atoms with Crippen molar-refractivity contribution >= 4 is 11.9 Å². The summed E-state index contributed by atoms with van der Waals surface area (Å²) in [4.78, 5) is 23.9. The molecule has 1 fully saturated rings. The zero-order valence-electron chi connectivity index (χ0n) is 16.1. The summed E-state index contributed by atoms with van der Waals surface area (Å²) >= 11 is 0. The molecule has 0 bridgehead atoms. The normalized spacial score (nSPS) is 18.8. The molecule has 0 heterocycles. The number of aliphatic carboxylic acids is 1. The minimum atomic E-state index is -0.989. The summed E-state index contributed by atoms with van der Waals surface area (Å²) in [6.07, 6.45) is 1.14. The first-order valence-corrected chi connectivity index (χ1v) is 9.29. The second-order valence-electron chi connectivity index (χ2n) is 7.04. The molecule has 6 nitrogen and oxygen atoms in total. The average molecular weight is 383 g/mol. The van der Waals surface area contributed by atoms with Gasteiger partial charge in [-0.3, -0.25) is 9.59 Å². The summed E-state index contributed by atoms with van der Waals surface area (Å²) in [5, 5.41) is 12.2. The first kappa shape index (κ1) is 19.7. The molecule has 148 valence electrons. The van der Waals surface area contributed by atoms with Gasteiger partial charge in [0.05, 0.1) is 26.7 Å². The van der Waals surface area contributed by atoms with Gasteiger partial charge in [-0.15, -0.1) is 0 Å². The molecular weight excluding hydrogens is 358 g/mol. The van der Waals surface area contributed by atoms with Crippen LogP contribution in [0.2, 0.25) is 0 Å². The lowest BCUT2D eigenvalue weighted by Gasteiger charge is -2.20. The summed E-state index contributed by atoms with van der Waals surface area (Å²) in [7, 11) is 3.05. The van der Waals surface area contributed by atoms with Crippen molar-refractivity contribution in [3.63, 3.8) is 0 Å². The molecule has 0 spiro atoms. The van der Waals surface area contributed by atoms with E-state index in [4.69, 9.17) is 9.47 Å². The fourth-order valence-electron chi connectivity index (χ4n) is 3.59. The van der Waals surface area contributed by atoms with Crippen molar-refractivity contribution in [2.45, 2.75) is 31.2 Å². The SMILES string of the molecule is COc1ccc(C(CC(=O)O)NC(=O)C[C@@H]2C[C@H]2c2ccccc2)c(OC)c1. The van der Waals surface area contributed by atoms with Crippen LogP contribution in [0.4, 0.5) is 0 Å². The lowest BCUT2D eigenvalue weighted by molar-refractivity contribution is -0.137.